The number of carbonyl (C=O) groups is 1. The first-order chi connectivity index (χ1) is 13.5. The molecule has 0 saturated carbocycles. The summed E-state index contributed by atoms with van der Waals surface area (Å²) in [6, 6.07) is 11.5. The maximum atomic E-state index is 12.7. The van der Waals surface area contributed by atoms with E-state index < -0.39 is 0 Å². The van der Waals surface area contributed by atoms with Crippen LogP contribution < -0.4 is 16.2 Å². The van der Waals surface area contributed by atoms with Crippen molar-refractivity contribution in [2.75, 3.05) is 10.6 Å². The Morgan fingerprint density at radius 3 is 2.57 bits per heavy atom. The van der Waals surface area contributed by atoms with Gasteiger partial charge in [-0.2, -0.15) is 0 Å². The van der Waals surface area contributed by atoms with Gasteiger partial charge in [0.25, 0.3) is 5.56 Å². The molecular formula is C20H18N4O2S2. The molecule has 0 bridgehead atoms. The fraction of sp³-hybridized carbons (Fsp3) is 0.150. The first kappa shape index (κ1) is 18.4. The zero-order chi connectivity index (χ0) is 19.7. The summed E-state index contributed by atoms with van der Waals surface area (Å²) < 4.78 is 0. The van der Waals surface area contributed by atoms with E-state index >= 15 is 0 Å². The van der Waals surface area contributed by atoms with Crippen molar-refractivity contribution in [1.82, 2.24) is 9.97 Å². The van der Waals surface area contributed by atoms with Crippen LogP contribution in [0.3, 0.4) is 0 Å². The summed E-state index contributed by atoms with van der Waals surface area (Å²) >= 11 is 3.16. The molecule has 28 heavy (non-hydrogen) atoms. The van der Waals surface area contributed by atoms with Crippen molar-refractivity contribution in [3.8, 4) is 10.4 Å². The van der Waals surface area contributed by atoms with Crippen LogP contribution in [0.15, 0.2) is 46.6 Å². The van der Waals surface area contributed by atoms with Crippen LogP contribution >= 0.6 is 22.7 Å². The molecule has 8 heteroatoms. The van der Waals surface area contributed by atoms with Gasteiger partial charge in [0.05, 0.1) is 11.9 Å². The van der Waals surface area contributed by atoms with Gasteiger partial charge in [0.1, 0.15) is 10.7 Å². The van der Waals surface area contributed by atoms with Crippen molar-refractivity contribution in [2.24, 2.45) is 0 Å². The second-order valence-electron chi connectivity index (χ2n) is 6.36. The standard InChI is InChI=1S/C20H18N4O2S2/c1-11-3-8-16(28-11)15-10-27-20-18(15)19(26)23-17(24-20)9-21-13-4-6-14(7-5-13)22-12(2)25/h3-8,10,21H,9H2,1-2H3,(H,22,25)(H,23,24,26). The van der Waals surface area contributed by atoms with E-state index in [9.17, 15) is 9.59 Å². The normalized spacial score (nSPS) is 10.9. The third-order valence-corrected chi connectivity index (χ3v) is 6.07. The topological polar surface area (TPSA) is 86.9 Å². The number of nitrogens with zero attached hydrogens (tertiary/aromatic N) is 1. The van der Waals surface area contributed by atoms with E-state index in [1.165, 1.54) is 23.1 Å². The Kier molecular flexibility index (Phi) is 4.97. The van der Waals surface area contributed by atoms with Crippen molar-refractivity contribution in [3.05, 3.63) is 62.8 Å². The highest BCUT2D eigenvalue weighted by atomic mass is 32.1. The molecule has 0 aliphatic heterocycles. The number of anilines is 2. The molecule has 3 aromatic heterocycles. The number of aromatic amines is 1. The molecule has 0 saturated heterocycles. The van der Waals surface area contributed by atoms with E-state index in [0.717, 1.165) is 26.6 Å². The van der Waals surface area contributed by atoms with E-state index in [1.54, 1.807) is 11.3 Å². The number of carbonyl (C=O) groups excluding carboxylic acids is 1. The van der Waals surface area contributed by atoms with Crippen LogP contribution in [0.1, 0.15) is 17.6 Å². The zero-order valence-corrected chi connectivity index (χ0v) is 17.0. The minimum absolute atomic E-state index is 0.108. The van der Waals surface area contributed by atoms with Crippen LogP contribution in [-0.4, -0.2) is 15.9 Å². The second kappa shape index (κ2) is 7.57. The van der Waals surface area contributed by atoms with Crippen LogP contribution in [0.2, 0.25) is 0 Å². The lowest BCUT2D eigenvalue weighted by atomic mass is 10.2. The van der Waals surface area contributed by atoms with Gasteiger partial charge in [-0.15, -0.1) is 22.7 Å². The lowest BCUT2D eigenvalue weighted by Crippen LogP contribution is -2.14. The fourth-order valence-corrected chi connectivity index (χ4v) is 4.82. The molecule has 0 aliphatic carbocycles. The summed E-state index contributed by atoms with van der Waals surface area (Å²) in [5, 5.41) is 8.61. The predicted molar refractivity (Wildman–Crippen MR) is 116 cm³/mol. The quantitative estimate of drug-likeness (QED) is 0.449. The third-order valence-electron chi connectivity index (χ3n) is 4.16. The number of hydrogen-bond acceptors (Lipinski definition) is 6. The van der Waals surface area contributed by atoms with Gasteiger partial charge in [0, 0.05) is 39.0 Å². The zero-order valence-electron chi connectivity index (χ0n) is 15.3. The smallest absolute Gasteiger partial charge is 0.260 e. The van der Waals surface area contributed by atoms with E-state index in [2.05, 4.69) is 33.6 Å². The van der Waals surface area contributed by atoms with Crippen molar-refractivity contribution in [3.63, 3.8) is 0 Å². The lowest BCUT2D eigenvalue weighted by molar-refractivity contribution is -0.114. The van der Waals surface area contributed by atoms with E-state index in [4.69, 9.17) is 0 Å². The second-order valence-corrected chi connectivity index (χ2v) is 8.51. The van der Waals surface area contributed by atoms with Gasteiger partial charge in [-0.05, 0) is 43.3 Å². The Balaban J connectivity index is 1.54. The Labute approximate surface area is 169 Å². The molecule has 0 unspecified atom stereocenters. The first-order valence-corrected chi connectivity index (χ1v) is 10.4. The molecule has 4 aromatic rings. The summed E-state index contributed by atoms with van der Waals surface area (Å²) in [6.45, 7) is 3.92. The van der Waals surface area contributed by atoms with Gasteiger partial charge in [0.2, 0.25) is 5.91 Å². The Hall–Kier alpha value is -2.97. The highest BCUT2D eigenvalue weighted by Gasteiger charge is 2.14. The average Bonchev–Trinajstić information content (AvgIpc) is 3.27. The number of fused-ring (bicyclic) bond motifs is 1. The number of benzene rings is 1. The van der Waals surface area contributed by atoms with Gasteiger partial charge in [-0.25, -0.2) is 4.98 Å². The van der Waals surface area contributed by atoms with E-state index in [-0.39, 0.29) is 11.5 Å². The largest absolute Gasteiger partial charge is 0.378 e. The maximum Gasteiger partial charge on any atom is 0.260 e. The number of rotatable bonds is 5. The first-order valence-electron chi connectivity index (χ1n) is 8.68. The number of aromatic nitrogens is 2. The molecule has 3 heterocycles. The SMILES string of the molecule is CC(=O)Nc1ccc(NCc2nc3scc(-c4ccc(C)s4)c3c(=O)[nH]2)cc1. The molecule has 0 radical (unpaired) electrons. The molecule has 4 rings (SSSR count). The molecular weight excluding hydrogens is 392 g/mol. The number of thiophene rings is 2. The highest BCUT2D eigenvalue weighted by Crippen LogP contribution is 2.34. The number of H-pyrrole nitrogens is 1. The Morgan fingerprint density at radius 2 is 1.89 bits per heavy atom. The molecule has 0 fully saturated rings. The van der Waals surface area contributed by atoms with Gasteiger partial charge in [-0.3, -0.25) is 9.59 Å². The minimum Gasteiger partial charge on any atom is -0.378 e. The highest BCUT2D eigenvalue weighted by molar-refractivity contribution is 7.19. The maximum absolute atomic E-state index is 12.7. The van der Waals surface area contributed by atoms with Crippen LogP contribution in [0.25, 0.3) is 20.7 Å². The van der Waals surface area contributed by atoms with E-state index in [0.29, 0.717) is 17.8 Å². The Morgan fingerprint density at radius 1 is 1.14 bits per heavy atom. The summed E-state index contributed by atoms with van der Waals surface area (Å²) in [4.78, 5) is 34.3. The molecule has 0 spiro atoms. The molecule has 1 amide bonds. The van der Waals surface area contributed by atoms with Crippen molar-refractivity contribution in [2.45, 2.75) is 20.4 Å². The molecule has 142 valence electrons. The van der Waals surface area contributed by atoms with Gasteiger partial charge >= 0.3 is 0 Å². The van der Waals surface area contributed by atoms with Crippen molar-refractivity contribution >= 4 is 50.2 Å². The van der Waals surface area contributed by atoms with Gasteiger partial charge in [0.15, 0.2) is 0 Å². The third kappa shape index (κ3) is 3.83. The Bertz CT molecular complexity index is 1210. The summed E-state index contributed by atoms with van der Waals surface area (Å²) in [7, 11) is 0. The van der Waals surface area contributed by atoms with Crippen LogP contribution in [0, 0.1) is 6.92 Å². The fourth-order valence-electron chi connectivity index (χ4n) is 2.90. The van der Waals surface area contributed by atoms with Gasteiger partial charge < -0.3 is 15.6 Å². The molecule has 0 aliphatic rings. The van der Waals surface area contributed by atoms with E-state index in [1.807, 2.05) is 35.7 Å². The molecule has 0 atom stereocenters. The predicted octanol–water partition coefficient (Wildman–Crippen LogP) is 4.59. The number of amides is 1. The monoisotopic (exact) mass is 410 g/mol. The van der Waals surface area contributed by atoms with Crippen LogP contribution in [-0.2, 0) is 11.3 Å². The summed E-state index contributed by atoms with van der Waals surface area (Å²) in [5.41, 5.74) is 2.43. The molecule has 3 N–H and O–H groups in total. The van der Waals surface area contributed by atoms with Crippen LogP contribution in [0.5, 0.6) is 0 Å². The number of aryl methyl sites for hydroxylation is 1. The van der Waals surface area contributed by atoms with Gasteiger partial charge in [-0.1, -0.05) is 0 Å². The average molecular weight is 411 g/mol. The lowest BCUT2D eigenvalue weighted by Gasteiger charge is -2.07. The molecule has 6 nitrogen and oxygen atoms in total. The number of nitrogens with one attached hydrogen (secondary N) is 3. The molecule has 1 aromatic carbocycles. The minimum atomic E-state index is -0.120. The van der Waals surface area contributed by atoms with Crippen molar-refractivity contribution in [1.29, 1.82) is 0 Å². The van der Waals surface area contributed by atoms with Crippen molar-refractivity contribution < 1.29 is 4.79 Å². The number of hydrogen-bond donors (Lipinski definition) is 3. The van der Waals surface area contributed by atoms with Crippen LogP contribution in [0.4, 0.5) is 11.4 Å². The summed E-state index contributed by atoms with van der Waals surface area (Å²) in [6.07, 6.45) is 0. The summed E-state index contributed by atoms with van der Waals surface area (Å²) in [5.74, 6) is 0.475.